The van der Waals surface area contributed by atoms with Gasteiger partial charge in [-0.1, -0.05) is 29.8 Å². The van der Waals surface area contributed by atoms with Crippen molar-refractivity contribution in [2.45, 2.75) is 45.7 Å². The first-order valence-electron chi connectivity index (χ1n) is 10.3. The van der Waals surface area contributed by atoms with Crippen molar-refractivity contribution >= 4 is 6.03 Å². The summed E-state index contributed by atoms with van der Waals surface area (Å²) in [5, 5.41) is 3.03. The Balaban J connectivity index is 1.27. The Kier molecular flexibility index (Phi) is 5.67. The monoisotopic (exact) mass is 382 g/mol. The molecular weight excluding hydrogens is 352 g/mol. The van der Waals surface area contributed by atoms with Crippen molar-refractivity contribution in [3.8, 4) is 0 Å². The Labute approximate surface area is 166 Å². The van der Waals surface area contributed by atoms with E-state index in [9.17, 15) is 4.79 Å². The molecule has 2 fully saturated rings. The molecule has 28 heavy (non-hydrogen) atoms. The van der Waals surface area contributed by atoms with E-state index in [0.717, 1.165) is 51.3 Å². The number of carbonyl (C=O) groups excluding carboxylic acids is 1. The molecule has 2 amide bonds. The van der Waals surface area contributed by atoms with Crippen molar-refractivity contribution < 1.29 is 9.53 Å². The third-order valence-electron chi connectivity index (χ3n) is 5.92. The van der Waals surface area contributed by atoms with Crippen molar-refractivity contribution in [1.82, 2.24) is 19.8 Å². The van der Waals surface area contributed by atoms with Gasteiger partial charge < -0.3 is 19.5 Å². The number of rotatable bonds is 5. The molecule has 3 heterocycles. The maximum absolute atomic E-state index is 12.4. The summed E-state index contributed by atoms with van der Waals surface area (Å²) < 4.78 is 7.86. The summed E-state index contributed by atoms with van der Waals surface area (Å²) in [5.74, 6) is 2.19. The number of carbonyl (C=O) groups is 1. The third kappa shape index (κ3) is 4.22. The minimum absolute atomic E-state index is 0.0313. The Morgan fingerprint density at radius 2 is 1.89 bits per heavy atom. The number of nitrogens with zero attached hydrogens (tertiary/aromatic N) is 3. The van der Waals surface area contributed by atoms with E-state index < -0.39 is 0 Å². The third-order valence-corrected chi connectivity index (χ3v) is 5.92. The maximum Gasteiger partial charge on any atom is 0.317 e. The van der Waals surface area contributed by atoms with E-state index in [1.54, 1.807) is 0 Å². The highest BCUT2D eigenvalue weighted by Crippen LogP contribution is 2.28. The molecule has 2 saturated heterocycles. The molecule has 0 bridgehead atoms. The Hall–Kier alpha value is -2.34. The minimum Gasteiger partial charge on any atom is -0.381 e. The predicted octanol–water partition coefficient (Wildman–Crippen LogP) is 3.24. The van der Waals surface area contributed by atoms with Crippen LogP contribution in [-0.2, 0) is 17.8 Å². The van der Waals surface area contributed by atoms with Gasteiger partial charge in [0.15, 0.2) is 0 Å². The molecule has 0 radical (unpaired) electrons. The van der Waals surface area contributed by atoms with Gasteiger partial charge in [-0.2, -0.15) is 0 Å². The van der Waals surface area contributed by atoms with Gasteiger partial charge in [-0.05, 0) is 32.3 Å². The van der Waals surface area contributed by atoms with Gasteiger partial charge >= 0.3 is 6.03 Å². The van der Waals surface area contributed by atoms with Crippen LogP contribution in [0, 0.1) is 19.8 Å². The number of ether oxygens (including phenoxy) is 1. The summed E-state index contributed by atoms with van der Waals surface area (Å²) in [4.78, 5) is 19.0. The van der Waals surface area contributed by atoms with Crippen molar-refractivity contribution in [1.29, 1.82) is 0 Å². The zero-order valence-electron chi connectivity index (χ0n) is 16.9. The van der Waals surface area contributed by atoms with Crippen LogP contribution in [0.5, 0.6) is 0 Å². The molecule has 2 aromatic rings. The summed E-state index contributed by atoms with van der Waals surface area (Å²) >= 11 is 0. The summed E-state index contributed by atoms with van der Waals surface area (Å²) in [5.41, 5.74) is 3.57. The predicted molar refractivity (Wildman–Crippen MR) is 108 cm³/mol. The van der Waals surface area contributed by atoms with Crippen LogP contribution in [-0.4, -0.2) is 46.8 Å². The van der Waals surface area contributed by atoms with Crippen LogP contribution in [0.3, 0.4) is 0 Å². The van der Waals surface area contributed by atoms with Crippen LogP contribution in [0.4, 0.5) is 4.79 Å². The number of urea groups is 1. The summed E-state index contributed by atoms with van der Waals surface area (Å²) in [6, 6.07) is 8.31. The van der Waals surface area contributed by atoms with Crippen LogP contribution in [0.15, 0.2) is 30.5 Å². The Morgan fingerprint density at radius 1 is 1.18 bits per heavy atom. The van der Waals surface area contributed by atoms with Gasteiger partial charge in [0.2, 0.25) is 0 Å². The van der Waals surface area contributed by atoms with E-state index >= 15 is 0 Å². The standard InChI is InChI=1S/C22H30N4O2/c1-16-3-5-18(6-4-16)12-24-22(27)25-13-19(14-25)15-26-17(2)11-23-21(26)20-7-9-28-10-8-20/h3-6,11,19-20H,7-10,12-15H2,1-2H3,(H,24,27). The summed E-state index contributed by atoms with van der Waals surface area (Å²) in [6.45, 7) is 8.99. The number of likely N-dealkylation sites (tertiary alicyclic amines) is 1. The second-order valence-electron chi connectivity index (χ2n) is 8.17. The van der Waals surface area contributed by atoms with Gasteiger partial charge in [-0.15, -0.1) is 0 Å². The van der Waals surface area contributed by atoms with E-state index in [4.69, 9.17) is 4.74 Å². The molecule has 6 nitrogen and oxygen atoms in total. The molecule has 6 heteroatoms. The summed E-state index contributed by atoms with van der Waals surface area (Å²) in [7, 11) is 0. The molecule has 0 atom stereocenters. The molecule has 0 saturated carbocycles. The highest BCUT2D eigenvalue weighted by atomic mass is 16.5. The number of amides is 2. The molecule has 150 valence electrons. The second kappa shape index (κ2) is 8.35. The molecule has 0 spiro atoms. The fourth-order valence-corrected chi connectivity index (χ4v) is 4.10. The molecule has 0 aliphatic carbocycles. The van der Waals surface area contributed by atoms with Crippen molar-refractivity contribution in [3.63, 3.8) is 0 Å². The summed E-state index contributed by atoms with van der Waals surface area (Å²) in [6.07, 6.45) is 4.08. The molecule has 0 unspecified atom stereocenters. The Bertz CT molecular complexity index is 802. The van der Waals surface area contributed by atoms with Crippen molar-refractivity contribution in [2.24, 2.45) is 5.92 Å². The lowest BCUT2D eigenvalue weighted by Gasteiger charge is -2.40. The number of hydrogen-bond donors (Lipinski definition) is 1. The largest absolute Gasteiger partial charge is 0.381 e. The highest BCUT2D eigenvalue weighted by molar-refractivity contribution is 5.75. The molecule has 2 aliphatic heterocycles. The van der Waals surface area contributed by atoms with Crippen LogP contribution in [0.2, 0.25) is 0 Å². The fraction of sp³-hybridized carbons (Fsp3) is 0.545. The SMILES string of the molecule is Cc1ccc(CNC(=O)N2CC(Cn3c(C)cnc3C3CCOCC3)C2)cc1. The van der Waals surface area contributed by atoms with Crippen molar-refractivity contribution in [2.75, 3.05) is 26.3 Å². The van der Waals surface area contributed by atoms with Gasteiger partial charge in [0.1, 0.15) is 5.82 Å². The molecule has 2 aliphatic rings. The van der Waals surface area contributed by atoms with E-state index in [0.29, 0.717) is 18.4 Å². The van der Waals surface area contributed by atoms with Gasteiger partial charge in [-0.25, -0.2) is 9.78 Å². The molecule has 1 aromatic heterocycles. The molecule has 1 N–H and O–H groups in total. The quantitative estimate of drug-likeness (QED) is 0.864. The number of aromatic nitrogens is 2. The topological polar surface area (TPSA) is 59.4 Å². The number of hydrogen-bond acceptors (Lipinski definition) is 3. The second-order valence-corrected chi connectivity index (χ2v) is 8.17. The Morgan fingerprint density at radius 3 is 2.61 bits per heavy atom. The van der Waals surface area contributed by atoms with Crippen LogP contribution >= 0.6 is 0 Å². The minimum atomic E-state index is 0.0313. The zero-order valence-corrected chi connectivity index (χ0v) is 16.9. The molecular formula is C22H30N4O2. The highest BCUT2D eigenvalue weighted by Gasteiger charge is 2.32. The first kappa shape index (κ1) is 19.0. The average Bonchev–Trinajstić information content (AvgIpc) is 3.04. The molecule has 1 aromatic carbocycles. The van der Waals surface area contributed by atoms with Crippen LogP contribution in [0.1, 0.15) is 41.4 Å². The molecule has 4 rings (SSSR count). The van der Waals surface area contributed by atoms with Gasteiger partial charge in [0.05, 0.1) is 0 Å². The van der Waals surface area contributed by atoms with E-state index in [1.807, 2.05) is 11.1 Å². The lowest BCUT2D eigenvalue weighted by molar-refractivity contribution is 0.0807. The lowest BCUT2D eigenvalue weighted by atomic mass is 9.97. The number of aryl methyl sites for hydroxylation is 2. The average molecular weight is 383 g/mol. The zero-order chi connectivity index (χ0) is 19.5. The van der Waals surface area contributed by atoms with Gasteiger partial charge in [0.25, 0.3) is 0 Å². The van der Waals surface area contributed by atoms with Gasteiger partial charge in [0, 0.05) is 63.1 Å². The maximum atomic E-state index is 12.4. The van der Waals surface area contributed by atoms with E-state index in [1.165, 1.54) is 17.1 Å². The fourth-order valence-electron chi connectivity index (χ4n) is 4.10. The lowest BCUT2D eigenvalue weighted by Crippen LogP contribution is -2.54. The number of nitrogens with one attached hydrogen (secondary N) is 1. The number of benzene rings is 1. The van der Waals surface area contributed by atoms with Gasteiger partial charge in [-0.3, -0.25) is 0 Å². The van der Waals surface area contributed by atoms with E-state index in [2.05, 4.69) is 53.0 Å². The first-order chi connectivity index (χ1) is 13.6. The van der Waals surface area contributed by atoms with E-state index in [-0.39, 0.29) is 6.03 Å². The number of imidazole rings is 1. The normalized spacial score (nSPS) is 18.1. The first-order valence-corrected chi connectivity index (χ1v) is 10.3. The van der Waals surface area contributed by atoms with Crippen LogP contribution in [0.25, 0.3) is 0 Å². The smallest absolute Gasteiger partial charge is 0.317 e. The van der Waals surface area contributed by atoms with Crippen LogP contribution < -0.4 is 5.32 Å². The van der Waals surface area contributed by atoms with Crippen molar-refractivity contribution in [3.05, 3.63) is 53.1 Å².